The molecule has 5 nitrogen and oxygen atoms in total. The minimum atomic E-state index is -1.77. The van der Waals surface area contributed by atoms with Crippen LogP contribution in [-0.2, 0) is 17.6 Å². The number of benzene rings is 3. The number of methoxy groups -OCH3 is 1. The summed E-state index contributed by atoms with van der Waals surface area (Å²) >= 11 is 6.79. The maximum Gasteiger partial charge on any atom is 0.307 e. The molecule has 186 valence electrons. The first kappa shape index (κ1) is 26.9. The highest BCUT2D eigenvalue weighted by molar-refractivity contribution is 9.11. The van der Waals surface area contributed by atoms with Gasteiger partial charge in [0, 0.05) is 17.5 Å². The fourth-order valence-corrected chi connectivity index (χ4v) is 4.99. The molecule has 2 N–H and O–H groups in total. The Kier molecular flexibility index (Phi) is 8.38. The molecule has 0 aromatic heterocycles. The van der Waals surface area contributed by atoms with Crippen LogP contribution in [0.4, 0.5) is 13.2 Å². The lowest BCUT2D eigenvalue weighted by Gasteiger charge is -2.20. The molecule has 35 heavy (non-hydrogen) atoms. The summed E-state index contributed by atoms with van der Waals surface area (Å²) in [5, 5.41) is 18.7. The van der Waals surface area contributed by atoms with E-state index in [1.807, 2.05) is 13.8 Å². The molecule has 10 heteroatoms. The third-order valence-electron chi connectivity index (χ3n) is 5.24. The van der Waals surface area contributed by atoms with Crippen molar-refractivity contribution in [3.8, 4) is 23.0 Å². The minimum absolute atomic E-state index is 0.0234. The van der Waals surface area contributed by atoms with Crippen LogP contribution in [0, 0.1) is 17.5 Å². The molecule has 0 saturated carbocycles. The summed E-state index contributed by atoms with van der Waals surface area (Å²) in [6.45, 7) is 3.89. The summed E-state index contributed by atoms with van der Waals surface area (Å²) in [6, 6.07) is 7.36. The fourth-order valence-electron chi connectivity index (χ4n) is 3.55. The van der Waals surface area contributed by atoms with Crippen molar-refractivity contribution in [2.75, 3.05) is 7.11 Å². The predicted molar refractivity (Wildman–Crippen MR) is 131 cm³/mol. The topological polar surface area (TPSA) is 76.0 Å². The first-order valence-electron chi connectivity index (χ1n) is 10.4. The number of carboxylic acids is 1. The van der Waals surface area contributed by atoms with Gasteiger partial charge in [-0.2, -0.15) is 4.39 Å². The SMILES string of the molecule is COc1cc(Cc2cc(O)c(F)c(F)c2F)c(Oc2c(Br)cc(CC(=O)O)cc2Br)cc1C(C)C. The molecular formula is C25H21Br2F3O5. The number of rotatable bonds is 8. The standard InChI is InChI=1S/C25H21Br2F3O5/c1-11(2)15-10-19(35-25-16(26)4-12(5-17(25)27)6-21(32)33)13(9-20(15)34-3)7-14-8-18(31)23(29)24(30)22(14)28/h4-5,8-11,31H,6-7H2,1-3H3,(H,32,33). The molecule has 0 aliphatic heterocycles. The Balaban J connectivity index is 2.14. The molecule has 0 aliphatic carbocycles. The van der Waals surface area contributed by atoms with Gasteiger partial charge in [0.1, 0.15) is 11.5 Å². The number of halogens is 5. The van der Waals surface area contributed by atoms with Gasteiger partial charge in [0.25, 0.3) is 0 Å². The predicted octanol–water partition coefficient (Wildman–Crippen LogP) is 7.48. The van der Waals surface area contributed by atoms with E-state index in [4.69, 9.17) is 14.6 Å². The number of carboxylic acid groups (broad SMARTS) is 1. The zero-order valence-electron chi connectivity index (χ0n) is 18.9. The summed E-state index contributed by atoms with van der Waals surface area (Å²) in [5.41, 5.74) is 1.42. The van der Waals surface area contributed by atoms with Crippen LogP contribution in [0.2, 0.25) is 0 Å². The molecule has 3 rings (SSSR count). The quantitative estimate of drug-likeness (QED) is 0.256. The van der Waals surface area contributed by atoms with Gasteiger partial charge in [-0.05, 0) is 79.2 Å². The molecule has 0 heterocycles. The number of aliphatic carboxylic acids is 1. The number of carbonyl (C=O) groups is 1. The summed E-state index contributed by atoms with van der Waals surface area (Å²) < 4.78 is 54.6. The van der Waals surface area contributed by atoms with E-state index in [-0.39, 0.29) is 30.1 Å². The summed E-state index contributed by atoms with van der Waals surface area (Å²) in [4.78, 5) is 11.1. The van der Waals surface area contributed by atoms with Crippen LogP contribution in [-0.4, -0.2) is 23.3 Å². The summed E-state index contributed by atoms with van der Waals surface area (Å²) in [6.07, 6.45) is -0.436. The van der Waals surface area contributed by atoms with Crippen LogP contribution in [0.15, 0.2) is 39.3 Å². The Bertz CT molecular complexity index is 1270. The lowest BCUT2D eigenvalue weighted by molar-refractivity contribution is -0.136. The van der Waals surface area contributed by atoms with Crippen LogP contribution in [0.3, 0.4) is 0 Å². The van der Waals surface area contributed by atoms with Gasteiger partial charge in [-0.15, -0.1) is 0 Å². The average molecular weight is 618 g/mol. The van der Waals surface area contributed by atoms with E-state index < -0.39 is 29.2 Å². The highest BCUT2D eigenvalue weighted by Crippen LogP contribution is 2.42. The number of aromatic hydroxyl groups is 1. The number of hydrogen-bond donors (Lipinski definition) is 2. The van der Waals surface area contributed by atoms with E-state index >= 15 is 0 Å². The molecule has 0 atom stereocenters. The molecule has 3 aromatic rings. The summed E-state index contributed by atoms with van der Waals surface area (Å²) in [7, 11) is 1.48. The van der Waals surface area contributed by atoms with Crippen molar-refractivity contribution in [1.82, 2.24) is 0 Å². The molecule has 0 amide bonds. The second-order valence-corrected chi connectivity index (χ2v) is 9.80. The van der Waals surface area contributed by atoms with E-state index in [0.29, 0.717) is 31.6 Å². The monoisotopic (exact) mass is 616 g/mol. The summed E-state index contributed by atoms with van der Waals surface area (Å²) in [5.74, 6) is -5.73. The van der Waals surface area contributed by atoms with Crippen molar-refractivity contribution in [3.05, 3.63) is 79.0 Å². The van der Waals surface area contributed by atoms with Crippen molar-refractivity contribution in [2.24, 2.45) is 0 Å². The van der Waals surface area contributed by atoms with Gasteiger partial charge in [0.2, 0.25) is 5.82 Å². The van der Waals surface area contributed by atoms with Crippen LogP contribution in [0.25, 0.3) is 0 Å². The molecule has 0 spiro atoms. The van der Waals surface area contributed by atoms with Crippen LogP contribution in [0.1, 0.15) is 42.0 Å². The van der Waals surface area contributed by atoms with E-state index in [0.717, 1.165) is 11.6 Å². The molecule has 0 unspecified atom stereocenters. The number of phenolic OH excluding ortho intramolecular Hbond substituents is 1. The van der Waals surface area contributed by atoms with Crippen molar-refractivity contribution in [2.45, 2.75) is 32.6 Å². The van der Waals surface area contributed by atoms with Crippen LogP contribution in [0.5, 0.6) is 23.0 Å². The van der Waals surface area contributed by atoms with Gasteiger partial charge in [-0.3, -0.25) is 4.79 Å². The molecule has 0 saturated heterocycles. The van der Waals surface area contributed by atoms with Crippen LogP contribution < -0.4 is 9.47 Å². The second kappa shape index (κ2) is 10.9. The maximum atomic E-state index is 14.5. The Morgan fingerprint density at radius 3 is 2.11 bits per heavy atom. The fraction of sp³-hybridized carbons (Fsp3) is 0.240. The molecule has 0 fully saturated rings. The normalized spacial score (nSPS) is 11.1. The maximum absolute atomic E-state index is 14.5. The number of ether oxygens (including phenoxy) is 2. The molecular weight excluding hydrogens is 597 g/mol. The van der Waals surface area contributed by atoms with E-state index in [1.54, 1.807) is 24.3 Å². The number of hydrogen-bond acceptors (Lipinski definition) is 4. The van der Waals surface area contributed by atoms with Crippen molar-refractivity contribution < 1.29 is 37.7 Å². The smallest absolute Gasteiger partial charge is 0.307 e. The first-order chi connectivity index (χ1) is 16.4. The van der Waals surface area contributed by atoms with Crippen molar-refractivity contribution in [1.29, 1.82) is 0 Å². The van der Waals surface area contributed by atoms with E-state index in [9.17, 15) is 23.1 Å². The van der Waals surface area contributed by atoms with Gasteiger partial charge in [-0.25, -0.2) is 8.78 Å². The third kappa shape index (κ3) is 5.92. The van der Waals surface area contributed by atoms with Crippen LogP contribution >= 0.6 is 31.9 Å². The third-order valence-corrected chi connectivity index (χ3v) is 6.42. The molecule has 0 bridgehead atoms. The average Bonchev–Trinajstić information content (AvgIpc) is 2.78. The van der Waals surface area contributed by atoms with Crippen molar-refractivity contribution in [3.63, 3.8) is 0 Å². The highest BCUT2D eigenvalue weighted by Gasteiger charge is 2.22. The first-order valence-corrected chi connectivity index (χ1v) is 11.9. The van der Waals surface area contributed by atoms with Gasteiger partial charge in [0.15, 0.2) is 23.1 Å². The Hall–Kier alpha value is -2.72. The Morgan fingerprint density at radius 1 is 0.943 bits per heavy atom. The minimum Gasteiger partial charge on any atom is -0.505 e. The van der Waals surface area contributed by atoms with Gasteiger partial charge < -0.3 is 19.7 Å². The number of phenols is 1. The Labute approximate surface area is 216 Å². The highest BCUT2D eigenvalue weighted by atomic mass is 79.9. The second-order valence-electron chi connectivity index (χ2n) is 8.09. The zero-order chi connectivity index (χ0) is 26.0. The van der Waals surface area contributed by atoms with Crippen molar-refractivity contribution >= 4 is 37.8 Å². The Morgan fingerprint density at radius 2 is 1.57 bits per heavy atom. The molecule has 0 radical (unpaired) electrons. The zero-order valence-corrected chi connectivity index (χ0v) is 22.1. The van der Waals surface area contributed by atoms with E-state index in [2.05, 4.69) is 31.9 Å². The van der Waals surface area contributed by atoms with E-state index in [1.165, 1.54) is 7.11 Å². The molecule has 0 aliphatic rings. The van der Waals surface area contributed by atoms with Gasteiger partial charge in [-0.1, -0.05) is 13.8 Å². The van der Waals surface area contributed by atoms with Gasteiger partial charge >= 0.3 is 5.97 Å². The molecule has 3 aromatic carbocycles. The lowest BCUT2D eigenvalue weighted by atomic mass is 9.96. The lowest BCUT2D eigenvalue weighted by Crippen LogP contribution is -2.04. The largest absolute Gasteiger partial charge is 0.505 e. The van der Waals surface area contributed by atoms with Gasteiger partial charge in [0.05, 0.1) is 22.5 Å².